The van der Waals surface area contributed by atoms with Crippen LogP contribution >= 0.6 is 0 Å². The molecule has 5 nitrogen and oxygen atoms in total. The summed E-state index contributed by atoms with van der Waals surface area (Å²) in [5.41, 5.74) is 0. The molecule has 3 atom stereocenters. The lowest BCUT2D eigenvalue weighted by Crippen LogP contribution is -2.49. The summed E-state index contributed by atoms with van der Waals surface area (Å²) in [6.45, 7) is 18.0. The molecule has 0 saturated carbocycles. The fourth-order valence-electron chi connectivity index (χ4n) is 2.24. The van der Waals surface area contributed by atoms with Gasteiger partial charge in [0.05, 0.1) is 12.5 Å². The molecule has 1 heterocycles. The monoisotopic (exact) mass is 330 g/mol. The molecule has 0 aromatic rings. The van der Waals surface area contributed by atoms with Crippen LogP contribution in [0.2, 0.25) is 18.1 Å². The molecule has 0 amide bonds. The maximum atomic E-state index is 11.3. The lowest BCUT2D eigenvalue weighted by atomic mass is 10.1. The minimum absolute atomic E-state index is 0.0115. The third-order valence-corrected chi connectivity index (χ3v) is 8.89. The molecule has 1 saturated heterocycles. The first kappa shape index (κ1) is 19.4. The normalized spacial score (nSPS) is 26.7. The first-order valence-corrected chi connectivity index (χ1v) is 10.6. The Hall–Kier alpha value is -0.693. The molecular weight excluding hydrogens is 300 g/mol. The van der Waals surface area contributed by atoms with Crippen molar-refractivity contribution in [1.29, 1.82) is 0 Å². The van der Waals surface area contributed by atoms with Gasteiger partial charge in [-0.2, -0.15) is 0 Å². The summed E-state index contributed by atoms with van der Waals surface area (Å²) in [6, 6.07) is 0. The number of aliphatic carboxylic acids is 1. The summed E-state index contributed by atoms with van der Waals surface area (Å²) in [5, 5.41) is 9.23. The summed E-state index contributed by atoms with van der Waals surface area (Å²) in [5.74, 6) is -1.67. The number of hydrogen-bond donors (Lipinski definition) is 1. The minimum atomic E-state index is -2.12. The Morgan fingerprint density at radius 3 is 2.36 bits per heavy atom. The minimum Gasteiger partial charge on any atom is -0.481 e. The zero-order valence-corrected chi connectivity index (χ0v) is 15.8. The number of carbonyl (C=O) groups is 1. The first-order valence-electron chi connectivity index (χ1n) is 7.67. The van der Waals surface area contributed by atoms with Crippen LogP contribution in [-0.2, 0) is 18.7 Å². The van der Waals surface area contributed by atoms with Crippen molar-refractivity contribution in [2.24, 2.45) is 0 Å². The van der Waals surface area contributed by atoms with Crippen molar-refractivity contribution < 1.29 is 23.8 Å². The Bertz CT molecular complexity index is 425. The molecule has 22 heavy (non-hydrogen) atoms. The average molecular weight is 330 g/mol. The molecule has 6 heteroatoms. The highest BCUT2D eigenvalue weighted by Crippen LogP contribution is 2.40. The third-order valence-electron chi connectivity index (χ3n) is 4.39. The van der Waals surface area contributed by atoms with Gasteiger partial charge in [-0.05, 0) is 32.0 Å². The van der Waals surface area contributed by atoms with Crippen LogP contribution in [0.3, 0.4) is 0 Å². The van der Waals surface area contributed by atoms with Crippen LogP contribution in [0.5, 0.6) is 0 Å². The van der Waals surface area contributed by atoms with Gasteiger partial charge in [-0.3, -0.25) is 4.79 Å². The molecule has 0 aromatic carbocycles. The number of rotatable bonds is 6. The van der Waals surface area contributed by atoms with Gasteiger partial charge < -0.3 is 19.0 Å². The van der Waals surface area contributed by atoms with E-state index < -0.39 is 32.3 Å². The smallest absolute Gasteiger partial charge is 0.306 e. The first-order chi connectivity index (χ1) is 9.79. The lowest BCUT2D eigenvalue weighted by Gasteiger charge is -2.40. The van der Waals surface area contributed by atoms with Gasteiger partial charge in [0.1, 0.15) is 12.2 Å². The molecule has 128 valence electrons. The van der Waals surface area contributed by atoms with Crippen LogP contribution in [-0.4, -0.2) is 43.5 Å². The van der Waals surface area contributed by atoms with Crippen LogP contribution in [0, 0.1) is 0 Å². The molecular formula is C16H30O5Si. The SMILES string of the molecule is C=C[C@H]1OC(C)(C)O[C@@H]1[C@@H](CC(=O)O)O[Si](C)(C)C(C)(C)C. The van der Waals surface area contributed by atoms with Crippen LogP contribution < -0.4 is 0 Å². The van der Waals surface area contributed by atoms with Crippen molar-refractivity contribution in [3.63, 3.8) is 0 Å². The second-order valence-electron chi connectivity index (χ2n) is 7.81. The predicted molar refractivity (Wildman–Crippen MR) is 88.3 cm³/mol. The number of ether oxygens (including phenoxy) is 2. The summed E-state index contributed by atoms with van der Waals surface area (Å²) >= 11 is 0. The van der Waals surface area contributed by atoms with Crippen LogP contribution in [0.15, 0.2) is 12.7 Å². The largest absolute Gasteiger partial charge is 0.481 e. The Labute approximate surface area is 134 Å². The molecule has 1 aliphatic heterocycles. The van der Waals surface area contributed by atoms with E-state index in [0.717, 1.165) is 0 Å². The summed E-state index contributed by atoms with van der Waals surface area (Å²) in [7, 11) is -2.12. The molecule has 0 aliphatic carbocycles. The van der Waals surface area contributed by atoms with E-state index in [4.69, 9.17) is 13.9 Å². The third kappa shape index (κ3) is 4.65. The van der Waals surface area contributed by atoms with Gasteiger partial charge in [0, 0.05) is 0 Å². The fourth-order valence-corrected chi connectivity index (χ4v) is 3.57. The van der Waals surface area contributed by atoms with Crippen molar-refractivity contribution in [3.8, 4) is 0 Å². The maximum Gasteiger partial charge on any atom is 0.306 e. The quantitative estimate of drug-likeness (QED) is 0.596. The van der Waals surface area contributed by atoms with E-state index in [1.54, 1.807) is 6.08 Å². The Morgan fingerprint density at radius 2 is 1.95 bits per heavy atom. The van der Waals surface area contributed by atoms with Gasteiger partial charge in [0.15, 0.2) is 14.1 Å². The highest BCUT2D eigenvalue weighted by Gasteiger charge is 2.48. The topological polar surface area (TPSA) is 65.0 Å². The van der Waals surface area contributed by atoms with E-state index in [2.05, 4.69) is 40.4 Å². The number of carboxylic acid groups (broad SMARTS) is 1. The summed E-state index contributed by atoms with van der Waals surface area (Å²) < 4.78 is 18.0. The van der Waals surface area contributed by atoms with E-state index in [9.17, 15) is 9.90 Å². The molecule has 0 unspecified atom stereocenters. The van der Waals surface area contributed by atoms with Crippen molar-refractivity contribution >= 4 is 14.3 Å². The fraction of sp³-hybridized carbons (Fsp3) is 0.812. The molecule has 1 fully saturated rings. The molecule has 0 bridgehead atoms. The average Bonchev–Trinajstić information content (AvgIpc) is 2.61. The maximum absolute atomic E-state index is 11.3. The van der Waals surface area contributed by atoms with Gasteiger partial charge in [0.2, 0.25) is 0 Å². The highest BCUT2D eigenvalue weighted by atomic mass is 28.4. The van der Waals surface area contributed by atoms with E-state index in [1.807, 2.05) is 13.8 Å². The standard InChI is InChI=1S/C16H30O5Si/c1-9-11-14(20-16(5,6)19-11)12(10-13(17)18)21-22(7,8)15(2,3)4/h9,11-12,14H,1,10H2,2-8H3,(H,17,18)/t11-,12-,14+/m1/s1. The van der Waals surface area contributed by atoms with Gasteiger partial charge in [-0.1, -0.05) is 26.8 Å². The summed E-state index contributed by atoms with van der Waals surface area (Å²) in [4.78, 5) is 11.3. The van der Waals surface area contributed by atoms with Crippen molar-refractivity contribution in [3.05, 3.63) is 12.7 Å². The van der Waals surface area contributed by atoms with E-state index >= 15 is 0 Å². The van der Waals surface area contributed by atoms with Crippen LogP contribution in [0.4, 0.5) is 0 Å². The van der Waals surface area contributed by atoms with Gasteiger partial charge >= 0.3 is 5.97 Å². The Kier molecular flexibility index (Phi) is 5.66. The molecule has 1 aliphatic rings. The molecule has 0 radical (unpaired) electrons. The van der Waals surface area contributed by atoms with Crippen LogP contribution in [0.25, 0.3) is 0 Å². The molecule has 0 aromatic heterocycles. The van der Waals surface area contributed by atoms with Gasteiger partial charge in [0.25, 0.3) is 0 Å². The Morgan fingerprint density at radius 1 is 1.41 bits per heavy atom. The molecule has 0 spiro atoms. The van der Waals surface area contributed by atoms with Gasteiger partial charge in [-0.15, -0.1) is 6.58 Å². The lowest BCUT2D eigenvalue weighted by molar-refractivity contribution is -0.157. The van der Waals surface area contributed by atoms with E-state index in [0.29, 0.717) is 0 Å². The van der Waals surface area contributed by atoms with Gasteiger partial charge in [-0.25, -0.2) is 0 Å². The number of carboxylic acids is 1. The molecule has 1 rings (SSSR count). The highest BCUT2D eigenvalue weighted by molar-refractivity contribution is 6.74. The second kappa shape index (κ2) is 6.43. The summed E-state index contributed by atoms with van der Waals surface area (Å²) in [6.07, 6.45) is 0.162. The Balaban J connectivity index is 3.03. The van der Waals surface area contributed by atoms with E-state index in [-0.39, 0.29) is 17.6 Å². The van der Waals surface area contributed by atoms with Crippen LogP contribution in [0.1, 0.15) is 41.0 Å². The second-order valence-corrected chi connectivity index (χ2v) is 12.6. The zero-order valence-electron chi connectivity index (χ0n) is 14.8. The van der Waals surface area contributed by atoms with Crippen molar-refractivity contribution in [2.45, 2.75) is 83.3 Å². The van der Waals surface area contributed by atoms with E-state index in [1.165, 1.54) is 0 Å². The number of hydrogen-bond acceptors (Lipinski definition) is 4. The molecule has 1 N–H and O–H groups in total. The predicted octanol–water partition coefficient (Wildman–Crippen LogP) is 3.56. The van der Waals surface area contributed by atoms with Crippen molar-refractivity contribution in [1.82, 2.24) is 0 Å². The zero-order chi connectivity index (χ0) is 17.3. The van der Waals surface area contributed by atoms with Crippen molar-refractivity contribution in [2.75, 3.05) is 0 Å².